The van der Waals surface area contributed by atoms with Gasteiger partial charge in [-0.3, -0.25) is 4.98 Å². The van der Waals surface area contributed by atoms with Crippen LogP contribution in [-0.2, 0) is 5.41 Å². The highest BCUT2D eigenvalue weighted by atomic mass is 15.0. The second-order valence-electron chi connectivity index (χ2n) is 16.6. The second kappa shape index (κ2) is 12.6. The van der Waals surface area contributed by atoms with Crippen LogP contribution < -0.4 is 0 Å². The molecule has 282 valence electrons. The van der Waals surface area contributed by atoms with Crippen LogP contribution >= 0.6 is 0 Å². The summed E-state index contributed by atoms with van der Waals surface area (Å²) < 4.78 is 4.95. The first-order valence-electron chi connectivity index (χ1n) is 20.5. The van der Waals surface area contributed by atoms with Crippen molar-refractivity contribution >= 4 is 71.5 Å². The van der Waals surface area contributed by atoms with Gasteiger partial charge in [-0.25, -0.2) is 4.98 Å². The third-order valence-corrected chi connectivity index (χ3v) is 13.1. The lowest BCUT2D eigenvalue weighted by Gasteiger charge is -2.22. The van der Waals surface area contributed by atoms with Crippen molar-refractivity contribution in [2.45, 2.75) is 26.2 Å². The number of aryl methyl sites for hydroxylation is 1. The Bertz CT molecular complexity index is 3720. The first-order chi connectivity index (χ1) is 29.4. The topological polar surface area (TPSA) is 35.6 Å². The summed E-state index contributed by atoms with van der Waals surface area (Å²) in [5.74, 6) is 2.65. The van der Waals surface area contributed by atoms with E-state index in [-0.39, 0.29) is 5.41 Å². The van der Waals surface area contributed by atoms with Crippen molar-refractivity contribution in [1.82, 2.24) is 19.1 Å². The van der Waals surface area contributed by atoms with Crippen LogP contribution in [0.1, 0.15) is 36.1 Å². The Morgan fingerprint density at radius 3 is 1.90 bits per heavy atom. The number of aromatic nitrogens is 4. The van der Waals surface area contributed by atoms with E-state index in [9.17, 15) is 0 Å². The summed E-state index contributed by atoms with van der Waals surface area (Å²) in [5.41, 5.74) is 17.8. The van der Waals surface area contributed by atoms with Crippen LogP contribution in [0, 0.1) is 19.3 Å². The number of para-hydroxylation sites is 2. The van der Waals surface area contributed by atoms with E-state index in [1.165, 1.54) is 60.3 Å². The fourth-order valence-corrected chi connectivity index (χ4v) is 10.3. The number of allylic oxidation sites excluding steroid dienone is 1. The molecular weight excluding hydrogens is 729 g/mol. The lowest BCUT2D eigenvalue weighted by molar-refractivity contribution is 0.660. The highest BCUT2D eigenvalue weighted by molar-refractivity contribution is 6.24. The number of terminal acetylenes is 1. The Kier molecular flexibility index (Phi) is 7.22. The van der Waals surface area contributed by atoms with Gasteiger partial charge in [0.25, 0.3) is 0 Å². The van der Waals surface area contributed by atoms with Crippen LogP contribution in [0.4, 0.5) is 0 Å². The summed E-state index contributed by atoms with van der Waals surface area (Å²) in [6.45, 7) is 6.84. The molecule has 0 radical (unpaired) electrons. The van der Waals surface area contributed by atoms with Crippen molar-refractivity contribution in [2.24, 2.45) is 0 Å². The minimum Gasteiger partial charge on any atom is -0.307 e. The van der Waals surface area contributed by atoms with E-state index in [1.54, 1.807) is 6.08 Å². The van der Waals surface area contributed by atoms with Crippen LogP contribution in [0.25, 0.3) is 105 Å². The Morgan fingerprint density at radius 1 is 0.567 bits per heavy atom. The van der Waals surface area contributed by atoms with Crippen LogP contribution in [-0.4, -0.2) is 19.1 Å². The smallest absolute Gasteiger partial charge is 0.0979 e. The minimum absolute atomic E-state index is 0.123. The molecule has 0 saturated carbocycles. The van der Waals surface area contributed by atoms with E-state index in [0.29, 0.717) is 0 Å². The third kappa shape index (κ3) is 4.69. The molecule has 60 heavy (non-hydrogen) atoms. The predicted molar refractivity (Wildman–Crippen MR) is 251 cm³/mol. The molecule has 0 atom stereocenters. The molecule has 0 fully saturated rings. The molecular formula is C56H38N4. The molecule has 8 aromatic carbocycles. The first-order valence-corrected chi connectivity index (χ1v) is 20.5. The fraction of sp³-hybridized carbons (Fsp3) is 0.0714. The molecule has 4 heteroatoms. The van der Waals surface area contributed by atoms with Crippen LogP contribution in [0.3, 0.4) is 0 Å². The summed E-state index contributed by atoms with van der Waals surface area (Å²) >= 11 is 0. The lowest BCUT2D eigenvalue weighted by atomic mass is 9.82. The maximum Gasteiger partial charge on any atom is 0.0979 e. The molecule has 0 bridgehead atoms. The number of nitrogens with zero attached hydrogens (tertiary/aromatic N) is 4. The van der Waals surface area contributed by atoms with Crippen molar-refractivity contribution < 1.29 is 0 Å². The van der Waals surface area contributed by atoms with Gasteiger partial charge in [-0.15, -0.1) is 6.42 Å². The molecule has 1 aliphatic rings. The molecule has 0 N–H and O–H groups in total. The average molecular weight is 767 g/mol. The summed E-state index contributed by atoms with van der Waals surface area (Å²) in [6.07, 6.45) is 11.3. The highest BCUT2D eigenvalue weighted by Gasteiger charge is 2.35. The van der Waals surface area contributed by atoms with Gasteiger partial charge in [0.2, 0.25) is 0 Å². The maximum absolute atomic E-state index is 5.66. The number of rotatable bonds is 4. The minimum atomic E-state index is -0.123. The summed E-state index contributed by atoms with van der Waals surface area (Å²) in [7, 11) is 0. The van der Waals surface area contributed by atoms with Crippen molar-refractivity contribution in [1.29, 1.82) is 0 Å². The molecule has 1 aliphatic carbocycles. The van der Waals surface area contributed by atoms with Gasteiger partial charge in [0, 0.05) is 54.8 Å². The Balaban J connectivity index is 1.12. The SMILES string of the molecule is C#C/C=C\c1c(C)c2ccccc2c2nc(-c3cccc(-n4c5ccccc5c5ccc6c7ccccc7n(-c7ccc8c(c7)C(C)(C)c7ccccc7-8)c6c54)c3)cnc12. The van der Waals surface area contributed by atoms with Gasteiger partial charge in [-0.1, -0.05) is 135 Å². The molecule has 0 spiro atoms. The molecule has 3 heterocycles. The van der Waals surface area contributed by atoms with E-state index in [4.69, 9.17) is 16.4 Å². The largest absolute Gasteiger partial charge is 0.307 e. The van der Waals surface area contributed by atoms with Gasteiger partial charge >= 0.3 is 0 Å². The summed E-state index contributed by atoms with van der Waals surface area (Å²) in [4.78, 5) is 10.4. The fourth-order valence-electron chi connectivity index (χ4n) is 10.3. The molecule has 12 rings (SSSR count). The summed E-state index contributed by atoms with van der Waals surface area (Å²) in [6, 6.07) is 55.4. The van der Waals surface area contributed by atoms with Crippen molar-refractivity contribution in [3.8, 4) is 46.1 Å². The van der Waals surface area contributed by atoms with Gasteiger partial charge in [0.05, 0.1) is 45.0 Å². The van der Waals surface area contributed by atoms with Gasteiger partial charge in [0.1, 0.15) is 0 Å². The van der Waals surface area contributed by atoms with Gasteiger partial charge in [-0.05, 0) is 88.7 Å². The average Bonchev–Trinajstić information content (AvgIpc) is 3.89. The van der Waals surface area contributed by atoms with Gasteiger partial charge < -0.3 is 9.13 Å². The zero-order valence-electron chi connectivity index (χ0n) is 33.5. The summed E-state index contributed by atoms with van der Waals surface area (Å²) in [5, 5.41) is 7.09. The Morgan fingerprint density at radius 2 is 1.18 bits per heavy atom. The Hall–Kier alpha value is -7.74. The molecule has 0 amide bonds. The maximum atomic E-state index is 5.66. The van der Waals surface area contributed by atoms with E-state index in [1.807, 2.05) is 12.3 Å². The molecule has 3 aromatic heterocycles. The standard InChI is InChI=1S/C56H38N4/c1-5-6-18-39-34(2)38-19-7-8-23-44(38)53-52(39)57-33-49(58-53)35-16-15-17-36(31-35)59-50-25-13-10-21-42(50)45-29-30-46-43-22-11-14-26-51(43)60(55(46)54(45)59)37-27-28-41-40-20-9-12-24-47(40)56(3,4)48(41)32-37/h1,6-33H,2-4H3/b18-6-. The van der Waals surface area contributed by atoms with Gasteiger partial charge in [-0.2, -0.15) is 0 Å². The molecule has 0 aliphatic heterocycles. The number of fused-ring (bicyclic) bond motifs is 13. The van der Waals surface area contributed by atoms with Crippen molar-refractivity contribution in [2.75, 3.05) is 0 Å². The monoisotopic (exact) mass is 766 g/mol. The van der Waals surface area contributed by atoms with E-state index in [2.05, 4.69) is 187 Å². The lowest BCUT2D eigenvalue weighted by Crippen LogP contribution is -2.15. The normalized spacial score (nSPS) is 13.3. The van der Waals surface area contributed by atoms with Crippen molar-refractivity contribution in [3.05, 3.63) is 186 Å². The molecule has 0 saturated heterocycles. The molecule has 4 nitrogen and oxygen atoms in total. The van der Waals surface area contributed by atoms with Crippen LogP contribution in [0.5, 0.6) is 0 Å². The molecule has 11 aromatic rings. The number of hydrogen-bond acceptors (Lipinski definition) is 2. The predicted octanol–water partition coefficient (Wildman–Crippen LogP) is 13.9. The highest BCUT2D eigenvalue weighted by Crippen LogP contribution is 2.50. The second-order valence-corrected chi connectivity index (χ2v) is 16.6. The van der Waals surface area contributed by atoms with E-state index < -0.39 is 0 Å². The first kappa shape index (κ1) is 34.3. The number of hydrogen-bond donors (Lipinski definition) is 0. The number of benzene rings is 8. The Labute approximate surface area is 347 Å². The van der Waals surface area contributed by atoms with Crippen LogP contribution in [0.15, 0.2) is 164 Å². The van der Waals surface area contributed by atoms with Crippen molar-refractivity contribution in [3.63, 3.8) is 0 Å². The van der Waals surface area contributed by atoms with E-state index in [0.717, 1.165) is 61.1 Å². The quantitative estimate of drug-likeness (QED) is 0.132. The third-order valence-electron chi connectivity index (χ3n) is 13.1. The van der Waals surface area contributed by atoms with E-state index >= 15 is 0 Å². The van der Waals surface area contributed by atoms with Crippen LogP contribution in [0.2, 0.25) is 0 Å². The zero-order chi connectivity index (χ0) is 40.3. The molecule has 0 unspecified atom stereocenters. The zero-order valence-corrected chi connectivity index (χ0v) is 33.5. The van der Waals surface area contributed by atoms with Gasteiger partial charge in [0.15, 0.2) is 0 Å².